The lowest BCUT2D eigenvalue weighted by Crippen LogP contribution is -2.31. The molecule has 0 bridgehead atoms. The van der Waals surface area contributed by atoms with Gasteiger partial charge in [-0.1, -0.05) is 26.8 Å². The quantitative estimate of drug-likeness (QED) is 0.591. The van der Waals surface area contributed by atoms with E-state index in [1.165, 1.54) is 0 Å². The van der Waals surface area contributed by atoms with E-state index in [0.717, 1.165) is 0 Å². The van der Waals surface area contributed by atoms with Gasteiger partial charge in [0, 0.05) is 5.41 Å². The van der Waals surface area contributed by atoms with Crippen molar-refractivity contribution < 1.29 is 4.79 Å². The highest BCUT2D eigenvalue weighted by molar-refractivity contribution is 5.82. The van der Waals surface area contributed by atoms with E-state index in [9.17, 15) is 4.79 Å². The molecule has 0 rings (SSSR count). The summed E-state index contributed by atoms with van der Waals surface area (Å²) in [5, 5.41) is 2.65. The minimum absolute atomic E-state index is 0.0469. The molecular formula is C8H15NO. The third kappa shape index (κ3) is 3.28. The van der Waals surface area contributed by atoms with Crippen LogP contribution in [0.2, 0.25) is 0 Å². The van der Waals surface area contributed by atoms with Crippen LogP contribution < -0.4 is 5.32 Å². The van der Waals surface area contributed by atoms with Crippen LogP contribution in [0.15, 0.2) is 12.3 Å². The van der Waals surface area contributed by atoms with E-state index in [0.29, 0.717) is 0 Å². The Kier molecular flexibility index (Phi) is 3.13. The summed E-state index contributed by atoms with van der Waals surface area (Å²) < 4.78 is 0. The zero-order valence-corrected chi connectivity index (χ0v) is 7.06. The second-order valence-corrected chi connectivity index (χ2v) is 3.22. The highest BCUT2D eigenvalue weighted by Gasteiger charge is 2.19. The molecule has 0 atom stereocenters. The van der Waals surface area contributed by atoms with Gasteiger partial charge in [-0.3, -0.25) is 4.79 Å². The maximum Gasteiger partial charge on any atom is 0.229 e. The standard InChI is InChI=1S/C8H15NO/c1-5-6-9-7(10)8(2,3)4/h5-6H,1-4H3,(H,9,10)/b6-5+. The summed E-state index contributed by atoms with van der Waals surface area (Å²) in [4.78, 5) is 11.1. The van der Waals surface area contributed by atoms with Crippen molar-refractivity contribution >= 4 is 5.91 Å². The first-order valence-electron chi connectivity index (χ1n) is 3.40. The van der Waals surface area contributed by atoms with Crippen molar-refractivity contribution in [3.05, 3.63) is 12.3 Å². The van der Waals surface area contributed by atoms with Crippen LogP contribution in [0.1, 0.15) is 27.7 Å². The number of carbonyl (C=O) groups excluding carboxylic acids is 1. The van der Waals surface area contributed by atoms with Gasteiger partial charge in [0.15, 0.2) is 0 Å². The molecule has 1 N–H and O–H groups in total. The summed E-state index contributed by atoms with van der Waals surface area (Å²) in [7, 11) is 0. The topological polar surface area (TPSA) is 29.1 Å². The molecule has 0 aromatic heterocycles. The largest absolute Gasteiger partial charge is 0.333 e. The minimum Gasteiger partial charge on any atom is -0.333 e. The Morgan fingerprint density at radius 3 is 2.20 bits per heavy atom. The maximum atomic E-state index is 11.1. The lowest BCUT2D eigenvalue weighted by atomic mass is 9.96. The summed E-state index contributed by atoms with van der Waals surface area (Å²) >= 11 is 0. The zero-order chi connectivity index (χ0) is 8.20. The molecule has 2 heteroatoms. The molecule has 0 spiro atoms. The molecule has 2 nitrogen and oxygen atoms in total. The summed E-state index contributed by atoms with van der Waals surface area (Å²) in [6.45, 7) is 7.51. The number of carbonyl (C=O) groups is 1. The van der Waals surface area contributed by atoms with Crippen molar-refractivity contribution in [3.8, 4) is 0 Å². The molecule has 0 saturated heterocycles. The summed E-state index contributed by atoms with van der Waals surface area (Å²) in [6, 6.07) is 0. The first-order chi connectivity index (χ1) is 4.48. The van der Waals surface area contributed by atoms with Gasteiger partial charge in [0.25, 0.3) is 0 Å². The Labute approximate surface area is 62.3 Å². The first kappa shape index (κ1) is 9.21. The van der Waals surface area contributed by atoms with Crippen LogP contribution in [0, 0.1) is 5.41 Å². The van der Waals surface area contributed by atoms with Crippen molar-refractivity contribution in [2.24, 2.45) is 5.41 Å². The molecule has 58 valence electrons. The number of allylic oxidation sites excluding steroid dienone is 1. The molecule has 0 unspecified atom stereocenters. The molecule has 1 amide bonds. The van der Waals surface area contributed by atoms with E-state index < -0.39 is 0 Å². The smallest absolute Gasteiger partial charge is 0.229 e. The van der Waals surface area contributed by atoms with Gasteiger partial charge in [-0.05, 0) is 13.1 Å². The van der Waals surface area contributed by atoms with Crippen LogP contribution in [0.4, 0.5) is 0 Å². The average Bonchev–Trinajstić information content (AvgIpc) is 1.80. The van der Waals surface area contributed by atoms with E-state index in [4.69, 9.17) is 0 Å². The van der Waals surface area contributed by atoms with Gasteiger partial charge in [-0.2, -0.15) is 0 Å². The van der Waals surface area contributed by atoms with E-state index in [-0.39, 0.29) is 11.3 Å². The SMILES string of the molecule is C/C=C/NC(=O)C(C)(C)C. The van der Waals surface area contributed by atoms with Gasteiger partial charge >= 0.3 is 0 Å². The fourth-order valence-electron chi connectivity index (χ4n) is 0.376. The fraction of sp³-hybridized carbons (Fsp3) is 0.625. The zero-order valence-electron chi connectivity index (χ0n) is 7.06. The molecule has 0 aliphatic rings. The van der Waals surface area contributed by atoms with Gasteiger partial charge in [-0.15, -0.1) is 0 Å². The molecule has 0 aliphatic carbocycles. The van der Waals surface area contributed by atoms with Crippen molar-refractivity contribution in [2.75, 3.05) is 0 Å². The van der Waals surface area contributed by atoms with Crippen LogP contribution in [-0.2, 0) is 4.79 Å². The highest BCUT2D eigenvalue weighted by Crippen LogP contribution is 2.11. The molecule has 0 fully saturated rings. The van der Waals surface area contributed by atoms with E-state index in [1.807, 2.05) is 27.7 Å². The van der Waals surface area contributed by atoms with Crippen LogP contribution in [0.3, 0.4) is 0 Å². The van der Waals surface area contributed by atoms with Crippen molar-refractivity contribution in [1.29, 1.82) is 0 Å². The van der Waals surface area contributed by atoms with E-state index in [1.54, 1.807) is 12.3 Å². The Morgan fingerprint density at radius 1 is 1.40 bits per heavy atom. The normalized spacial score (nSPS) is 12.0. The van der Waals surface area contributed by atoms with Gasteiger partial charge in [0.1, 0.15) is 0 Å². The van der Waals surface area contributed by atoms with Gasteiger partial charge in [0.05, 0.1) is 0 Å². The molecule has 0 heterocycles. The summed E-state index contributed by atoms with van der Waals surface area (Å²) in [6.07, 6.45) is 3.44. The Bertz CT molecular complexity index is 142. The summed E-state index contributed by atoms with van der Waals surface area (Å²) in [5.41, 5.74) is -0.292. The molecule has 0 aromatic carbocycles. The van der Waals surface area contributed by atoms with Crippen molar-refractivity contribution in [2.45, 2.75) is 27.7 Å². The monoisotopic (exact) mass is 141 g/mol. The van der Waals surface area contributed by atoms with Gasteiger partial charge in [-0.25, -0.2) is 0 Å². The highest BCUT2D eigenvalue weighted by atomic mass is 16.2. The predicted octanol–water partition coefficient (Wildman–Crippen LogP) is 1.68. The lowest BCUT2D eigenvalue weighted by Gasteiger charge is -2.15. The van der Waals surface area contributed by atoms with E-state index >= 15 is 0 Å². The average molecular weight is 141 g/mol. The number of rotatable bonds is 1. The predicted molar refractivity (Wildman–Crippen MR) is 42.4 cm³/mol. The first-order valence-corrected chi connectivity index (χ1v) is 3.40. The number of hydrogen-bond donors (Lipinski definition) is 1. The summed E-state index contributed by atoms with van der Waals surface area (Å²) in [5.74, 6) is 0.0469. The van der Waals surface area contributed by atoms with Crippen LogP contribution in [-0.4, -0.2) is 5.91 Å². The Balaban J connectivity index is 3.86. The lowest BCUT2D eigenvalue weighted by molar-refractivity contribution is -0.127. The van der Waals surface area contributed by atoms with Crippen molar-refractivity contribution in [1.82, 2.24) is 5.32 Å². The van der Waals surface area contributed by atoms with Crippen LogP contribution in [0.5, 0.6) is 0 Å². The molecule has 0 radical (unpaired) electrons. The van der Waals surface area contributed by atoms with Crippen LogP contribution in [0.25, 0.3) is 0 Å². The second-order valence-electron chi connectivity index (χ2n) is 3.22. The number of hydrogen-bond acceptors (Lipinski definition) is 1. The molecule has 0 aliphatic heterocycles. The van der Waals surface area contributed by atoms with Crippen LogP contribution >= 0.6 is 0 Å². The van der Waals surface area contributed by atoms with Gasteiger partial charge < -0.3 is 5.32 Å². The Morgan fingerprint density at radius 2 is 1.90 bits per heavy atom. The second kappa shape index (κ2) is 3.40. The molecule has 10 heavy (non-hydrogen) atoms. The minimum atomic E-state index is -0.292. The van der Waals surface area contributed by atoms with Crippen molar-refractivity contribution in [3.63, 3.8) is 0 Å². The molecule has 0 saturated carbocycles. The molecular weight excluding hydrogens is 126 g/mol. The third-order valence-corrected chi connectivity index (χ3v) is 1.06. The molecule has 0 aromatic rings. The van der Waals surface area contributed by atoms with E-state index in [2.05, 4.69) is 5.32 Å². The number of nitrogens with one attached hydrogen (secondary N) is 1. The third-order valence-electron chi connectivity index (χ3n) is 1.06. The maximum absolute atomic E-state index is 11.1. The fourth-order valence-corrected chi connectivity index (χ4v) is 0.376. The van der Waals surface area contributed by atoms with Gasteiger partial charge in [0.2, 0.25) is 5.91 Å². The number of amides is 1. The Hall–Kier alpha value is -0.790.